The minimum atomic E-state index is -0.0584. The standard InChI is InChI=1S/C20H20N4O2/c1-13(2)23-10-9-17-15(20(23)25)11-21-19-18(14-7-5-4-6-8-14)16(12-26-3)22-24(17)19/h4-11,13H,12H2,1-3H3. The molecular formula is C20H20N4O2. The predicted molar refractivity (Wildman–Crippen MR) is 101 cm³/mol. The average molecular weight is 348 g/mol. The number of benzene rings is 1. The summed E-state index contributed by atoms with van der Waals surface area (Å²) in [6.45, 7) is 4.34. The number of ether oxygens (including phenoxy) is 1. The Morgan fingerprint density at radius 1 is 1.15 bits per heavy atom. The zero-order chi connectivity index (χ0) is 18.3. The molecule has 3 aromatic heterocycles. The molecule has 26 heavy (non-hydrogen) atoms. The van der Waals surface area contributed by atoms with Gasteiger partial charge in [-0.1, -0.05) is 30.3 Å². The van der Waals surface area contributed by atoms with Crippen molar-refractivity contribution in [3.63, 3.8) is 0 Å². The van der Waals surface area contributed by atoms with Gasteiger partial charge in [-0.05, 0) is 25.5 Å². The fraction of sp³-hybridized carbons (Fsp3) is 0.250. The average Bonchev–Trinajstić information content (AvgIpc) is 3.01. The molecule has 0 amide bonds. The molecule has 0 bridgehead atoms. The molecule has 0 saturated carbocycles. The van der Waals surface area contributed by atoms with Crippen LogP contribution in [0.4, 0.5) is 0 Å². The number of methoxy groups -OCH3 is 1. The second-order valence-electron chi connectivity index (χ2n) is 6.54. The molecule has 0 aliphatic heterocycles. The molecule has 0 unspecified atom stereocenters. The highest BCUT2D eigenvalue weighted by atomic mass is 16.5. The molecular weight excluding hydrogens is 328 g/mol. The van der Waals surface area contributed by atoms with Gasteiger partial charge >= 0.3 is 0 Å². The molecule has 6 nitrogen and oxygen atoms in total. The number of pyridine rings is 1. The quantitative estimate of drug-likeness (QED) is 0.567. The number of rotatable bonds is 4. The van der Waals surface area contributed by atoms with Crippen LogP contribution in [0.25, 0.3) is 27.7 Å². The van der Waals surface area contributed by atoms with Gasteiger partial charge in [0.1, 0.15) is 0 Å². The predicted octanol–water partition coefficient (Wildman–Crippen LogP) is 3.44. The van der Waals surface area contributed by atoms with Gasteiger partial charge in [0.05, 0.1) is 28.8 Å². The molecule has 0 fully saturated rings. The number of aromatic nitrogens is 4. The SMILES string of the molecule is COCc1nn2c(ncc3c(=O)n(C(C)C)ccc32)c1-c1ccccc1. The molecule has 4 rings (SSSR count). The van der Waals surface area contributed by atoms with Gasteiger partial charge in [-0.3, -0.25) is 4.79 Å². The maximum atomic E-state index is 12.8. The van der Waals surface area contributed by atoms with Gasteiger partial charge in [0.2, 0.25) is 0 Å². The maximum absolute atomic E-state index is 12.8. The Labute approximate surface area is 150 Å². The van der Waals surface area contributed by atoms with Crippen LogP contribution in [0.3, 0.4) is 0 Å². The molecule has 0 atom stereocenters. The number of fused-ring (bicyclic) bond motifs is 3. The third kappa shape index (κ3) is 2.50. The van der Waals surface area contributed by atoms with Crippen molar-refractivity contribution in [2.75, 3.05) is 7.11 Å². The molecule has 0 aliphatic carbocycles. The molecule has 132 valence electrons. The Morgan fingerprint density at radius 3 is 2.62 bits per heavy atom. The summed E-state index contributed by atoms with van der Waals surface area (Å²) in [5.41, 5.74) is 4.16. The third-order valence-electron chi connectivity index (χ3n) is 4.51. The van der Waals surface area contributed by atoms with E-state index < -0.39 is 0 Å². The molecule has 4 aromatic rings. The summed E-state index contributed by atoms with van der Waals surface area (Å²) in [6.07, 6.45) is 3.46. The van der Waals surface area contributed by atoms with Crippen LogP contribution < -0.4 is 5.56 Å². The Bertz CT molecular complexity index is 1140. The first-order valence-electron chi connectivity index (χ1n) is 8.57. The number of hydrogen-bond donors (Lipinski definition) is 0. The van der Waals surface area contributed by atoms with Crippen molar-refractivity contribution in [3.05, 3.63) is 64.8 Å². The first-order chi connectivity index (χ1) is 12.6. The third-order valence-corrected chi connectivity index (χ3v) is 4.51. The molecule has 0 radical (unpaired) electrons. The monoisotopic (exact) mass is 348 g/mol. The Morgan fingerprint density at radius 2 is 1.92 bits per heavy atom. The maximum Gasteiger partial charge on any atom is 0.261 e. The zero-order valence-electron chi connectivity index (χ0n) is 15.0. The highest BCUT2D eigenvalue weighted by Crippen LogP contribution is 2.29. The normalized spacial score (nSPS) is 11.7. The van der Waals surface area contributed by atoms with Crippen molar-refractivity contribution in [2.45, 2.75) is 26.5 Å². The lowest BCUT2D eigenvalue weighted by Crippen LogP contribution is -2.22. The highest BCUT2D eigenvalue weighted by molar-refractivity contribution is 5.86. The second-order valence-corrected chi connectivity index (χ2v) is 6.54. The summed E-state index contributed by atoms with van der Waals surface area (Å²) in [5, 5.41) is 5.26. The van der Waals surface area contributed by atoms with E-state index in [1.54, 1.807) is 22.4 Å². The van der Waals surface area contributed by atoms with Gasteiger partial charge in [0, 0.05) is 25.5 Å². The molecule has 0 aliphatic rings. The summed E-state index contributed by atoms with van der Waals surface area (Å²) in [6, 6.07) is 12.0. The van der Waals surface area contributed by atoms with Gasteiger partial charge in [0.15, 0.2) is 5.65 Å². The lowest BCUT2D eigenvalue weighted by molar-refractivity contribution is 0.181. The number of nitrogens with zero attached hydrogens (tertiary/aromatic N) is 4. The van der Waals surface area contributed by atoms with Crippen LogP contribution in [-0.4, -0.2) is 26.3 Å². The van der Waals surface area contributed by atoms with E-state index in [0.717, 1.165) is 28.0 Å². The lowest BCUT2D eigenvalue weighted by Gasteiger charge is -2.10. The van der Waals surface area contributed by atoms with Crippen molar-refractivity contribution in [3.8, 4) is 11.1 Å². The fourth-order valence-corrected chi connectivity index (χ4v) is 3.27. The van der Waals surface area contributed by atoms with Crippen LogP contribution in [-0.2, 0) is 11.3 Å². The van der Waals surface area contributed by atoms with E-state index in [2.05, 4.69) is 4.98 Å². The van der Waals surface area contributed by atoms with Crippen molar-refractivity contribution < 1.29 is 4.74 Å². The molecule has 0 N–H and O–H groups in total. The number of hydrogen-bond acceptors (Lipinski definition) is 4. The van der Waals surface area contributed by atoms with Crippen molar-refractivity contribution in [1.29, 1.82) is 0 Å². The van der Waals surface area contributed by atoms with E-state index in [1.165, 1.54) is 0 Å². The first-order valence-corrected chi connectivity index (χ1v) is 8.57. The van der Waals surface area contributed by atoms with Gasteiger partial charge in [-0.2, -0.15) is 5.10 Å². The van der Waals surface area contributed by atoms with Crippen LogP contribution in [0.15, 0.2) is 53.6 Å². The van der Waals surface area contributed by atoms with Crippen LogP contribution in [0.1, 0.15) is 25.6 Å². The lowest BCUT2D eigenvalue weighted by atomic mass is 10.1. The minimum Gasteiger partial charge on any atom is -0.378 e. The Balaban J connectivity index is 2.07. The van der Waals surface area contributed by atoms with E-state index in [1.807, 2.05) is 56.4 Å². The van der Waals surface area contributed by atoms with Crippen LogP contribution >= 0.6 is 0 Å². The van der Waals surface area contributed by atoms with Gasteiger partial charge < -0.3 is 9.30 Å². The highest BCUT2D eigenvalue weighted by Gasteiger charge is 2.18. The Kier molecular flexibility index (Phi) is 4.05. The van der Waals surface area contributed by atoms with E-state index in [-0.39, 0.29) is 11.6 Å². The van der Waals surface area contributed by atoms with E-state index in [9.17, 15) is 4.79 Å². The molecule has 3 heterocycles. The topological polar surface area (TPSA) is 61.4 Å². The smallest absolute Gasteiger partial charge is 0.261 e. The summed E-state index contributed by atoms with van der Waals surface area (Å²) in [4.78, 5) is 17.3. The van der Waals surface area contributed by atoms with Crippen LogP contribution in [0.5, 0.6) is 0 Å². The largest absolute Gasteiger partial charge is 0.378 e. The summed E-state index contributed by atoms with van der Waals surface area (Å²) in [7, 11) is 1.64. The van der Waals surface area contributed by atoms with Crippen molar-refractivity contribution in [2.24, 2.45) is 0 Å². The summed E-state index contributed by atoms with van der Waals surface area (Å²) in [5.74, 6) is 0. The van der Waals surface area contributed by atoms with Crippen LogP contribution in [0.2, 0.25) is 0 Å². The fourth-order valence-electron chi connectivity index (χ4n) is 3.27. The molecule has 6 heteroatoms. The summed E-state index contributed by atoms with van der Waals surface area (Å²) < 4.78 is 8.79. The Hall–Kier alpha value is -2.99. The summed E-state index contributed by atoms with van der Waals surface area (Å²) >= 11 is 0. The van der Waals surface area contributed by atoms with Gasteiger partial charge in [-0.25, -0.2) is 9.50 Å². The van der Waals surface area contributed by atoms with Crippen LogP contribution in [0, 0.1) is 0 Å². The zero-order valence-corrected chi connectivity index (χ0v) is 15.0. The minimum absolute atomic E-state index is 0.0584. The second kappa shape index (κ2) is 6.38. The first kappa shape index (κ1) is 16.5. The molecule has 0 spiro atoms. The van der Waals surface area contributed by atoms with Gasteiger partial charge in [0.25, 0.3) is 5.56 Å². The van der Waals surface area contributed by atoms with E-state index in [4.69, 9.17) is 9.84 Å². The molecule has 0 saturated heterocycles. The van der Waals surface area contributed by atoms with Crippen molar-refractivity contribution in [1.82, 2.24) is 19.2 Å². The van der Waals surface area contributed by atoms with Gasteiger partial charge in [-0.15, -0.1) is 0 Å². The van der Waals surface area contributed by atoms with Crippen molar-refractivity contribution >= 4 is 16.6 Å². The molecule has 1 aromatic carbocycles. The van der Waals surface area contributed by atoms with E-state index in [0.29, 0.717) is 12.0 Å². The van der Waals surface area contributed by atoms with E-state index >= 15 is 0 Å².